The van der Waals surface area contributed by atoms with Crippen LogP contribution in [0.2, 0.25) is 0 Å². The van der Waals surface area contributed by atoms with Gasteiger partial charge in [-0.25, -0.2) is 0 Å². The molecule has 2 heterocycles. The van der Waals surface area contributed by atoms with Crippen LogP contribution in [0.1, 0.15) is 32.6 Å². The van der Waals surface area contributed by atoms with Gasteiger partial charge in [0.05, 0.1) is 0 Å². The first-order valence-corrected chi connectivity index (χ1v) is 8.01. The van der Waals surface area contributed by atoms with Crippen LogP contribution >= 0.6 is 0 Å². The van der Waals surface area contributed by atoms with Crippen molar-refractivity contribution in [1.82, 2.24) is 14.7 Å². The predicted octanol–water partition coefficient (Wildman–Crippen LogP) is 0.352. The van der Waals surface area contributed by atoms with Crippen LogP contribution in [-0.2, 0) is 4.79 Å². The number of hydrogen-bond acceptors (Lipinski definition) is 4. The Morgan fingerprint density at radius 2 is 1.60 bits per heavy atom. The average molecular weight is 282 g/mol. The van der Waals surface area contributed by atoms with E-state index in [0.717, 1.165) is 39.0 Å². The van der Waals surface area contributed by atoms with Crippen molar-refractivity contribution in [2.24, 2.45) is 5.73 Å². The van der Waals surface area contributed by atoms with Crippen LogP contribution in [0.5, 0.6) is 0 Å². The van der Waals surface area contributed by atoms with Crippen LogP contribution in [0.15, 0.2) is 0 Å². The first-order valence-electron chi connectivity index (χ1n) is 8.01. The second kappa shape index (κ2) is 7.38. The molecule has 2 fully saturated rings. The van der Waals surface area contributed by atoms with Gasteiger partial charge in [0.1, 0.15) is 0 Å². The Balaban J connectivity index is 1.90. The fourth-order valence-corrected chi connectivity index (χ4v) is 3.65. The smallest absolute Gasteiger partial charge is 0.219 e. The van der Waals surface area contributed by atoms with Crippen LogP contribution in [-0.4, -0.2) is 79.0 Å². The number of likely N-dealkylation sites (tertiary alicyclic amines) is 2. The molecule has 2 rings (SSSR count). The minimum atomic E-state index is 0.216. The zero-order chi connectivity index (χ0) is 14.5. The highest BCUT2D eigenvalue weighted by atomic mass is 16.2. The molecule has 2 N–H and O–H groups in total. The summed E-state index contributed by atoms with van der Waals surface area (Å²) >= 11 is 0. The maximum absolute atomic E-state index is 11.4. The molecule has 0 aromatic rings. The van der Waals surface area contributed by atoms with Crippen molar-refractivity contribution in [3.63, 3.8) is 0 Å². The lowest BCUT2D eigenvalue weighted by Gasteiger charge is -2.44. The second-order valence-electron chi connectivity index (χ2n) is 6.30. The number of piperidine rings is 2. The molecule has 2 aliphatic rings. The average Bonchev–Trinajstić information content (AvgIpc) is 2.46. The molecule has 0 aliphatic carbocycles. The van der Waals surface area contributed by atoms with Crippen LogP contribution in [0.3, 0.4) is 0 Å². The lowest BCUT2D eigenvalue weighted by atomic mass is 9.96. The molecule has 2 aliphatic heterocycles. The molecule has 0 spiro atoms. The number of nitrogens with two attached hydrogens (primary N) is 1. The number of carbonyl (C=O) groups excluding carboxylic acids is 1. The maximum Gasteiger partial charge on any atom is 0.219 e. The van der Waals surface area contributed by atoms with E-state index in [4.69, 9.17) is 5.73 Å². The Hall–Kier alpha value is -0.650. The summed E-state index contributed by atoms with van der Waals surface area (Å²) in [4.78, 5) is 18.5. The van der Waals surface area contributed by atoms with Gasteiger partial charge in [-0.15, -0.1) is 0 Å². The first kappa shape index (κ1) is 15.7. The Morgan fingerprint density at radius 3 is 2.05 bits per heavy atom. The lowest BCUT2D eigenvalue weighted by Crippen LogP contribution is -2.53. The third kappa shape index (κ3) is 3.93. The molecule has 116 valence electrons. The van der Waals surface area contributed by atoms with E-state index in [0.29, 0.717) is 12.1 Å². The summed E-state index contributed by atoms with van der Waals surface area (Å²) in [5.74, 6) is 0.216. The molecule has 0 radical (unpaired) electrons. The molecule has 0 unspecified atom stereocenters. The van der Waals surface area contributed by atoms with Crippen LogP contribution < -0.4 is 5.73 Å². The SMILES string of the molecule is CC(=O)N1CCC(N(CCN)C2CCN(C)CC2)CC1. The molecule has 0 atom stereocenters. The first-order chi connectivity index (χ1) is 9.61. The minimum absolute atomic E-state index is 0.216. The van der Waals surface area contributed by atoms with Gasteiger partial charge in [0.25, 0.3) is 0 Å². The van der Waals surface area contributed by atoms with Crippen molar-refractivity contribution in [3.05, 3.63) is 0 Å². The van der Waals surface area contributed by atoms with Gasteiger partial charge in [0.2, 0.25) is 5.91 Å². The van der Waals surface area contributed by atoms with Crippen LogP contribution in [0.25, 0.3) is 0 Å². The van der Waals surface area contributed by atoms with Gasteiger partial charge in [0.15, 0.2) is 0 Å². The predicted molar refractivity (Wildman–Crippen MR) is 81.6 cm³/mol. The topological polar surface area (TPSA) is 52.8 Å². The third-order valence-electron chi connectivity index (χ3n) is 4.92. The zero-order valence-electron chi connectivity index (χ0n) is 13.1. The molecule has 5 heteroatoms. The van der Waals surface area contributed by atoms with E-state index in [1.807, 2.05) is 4.90 Å². The summed E-state index contributed by atoms with van der Waals surface area (Å²) in [5, 5.41) is 0. The normalized spacial score (nSPS) is 23.5. The van der Waals surface area contributed by atoms with Crippen molar-refractivity contribution in [1.29, 1.82) is 0 Å². The Morgan fingerprint density at radius 1 is 1.10 bits per heavy atom. The van der Waals surface area contributed by atoms with Crippen LogP contribution in [0, 0.1) is 0 Å². The largest absolute Gasteiger partial charge is 0.343 e. The van der Waals surface area contributed by atoms with Crippen molar-refractivity contribution < 1.29 is 4.79 Å². The summed E-state index contributed by atoms with van der Waals surface area (Å²) in [6, 6.07) is 1.30. The molecule has 5 nitrogen and oxygen atoms in total. The maximum atomic E-state index is 11.4. The molecule has 0 saturated carbocycles. The summed E-state index contributed by atoms with van der Waals surface area (Å²) in [7, 11) is 2.20. The van der Waals surface area contributed by atoms with E-state index in [9.17, 15) is 4.79 Å². The Kier molecular flexibility index (Phi) is 5.81. The minimum Gasteiger partial charge on any atom is -0.343 e. The molecule has 0 aromatic carbocycles. The number of hydrogen-bond donors (Lipinski definition) is 1. The van der Waals surface area contributed by atoms with Crippen molar-refractivity contribution in [2.75, 3.05) is 46.3 Å². The Labute approximate surface area is 123 Å². The van der Waals surface area contributed by atoms with Gasteiger partial charge in [-0.1, -0.05) is 0 Å². The monoisotopic (exact) mass is 282 g/mol. The van der Waals surface area contributed by atoms with Crippen LogP contribution in [0.4, 0.5) is 0 Å². The number of nitrogens with zero attached hydrogens (tertiary/aromatic N) is 3. The zero-order valence-corrected chi connectivity index (χ0v) is 13.1. The van der Waals surface area contributed by atoms with E-state index in [-0.39, 0.29) is 5.91 Å². The van der Waals surface area contributed by atoms with Crippen molar-refractivity contribution >= 4 is 5.91 Å². The summed E-state index contributed by atoms with van der Waals surface area (Å²) in [6.45, 7) is 7.62. The van der Waals surface area contributed by atoms with E-state index < -0.39 is 0 Å². The highest BCUT2D eigenvalue weighted by Crippen LogP contribution is 2.23. The standard InChI is InChI=1S/C15H30N4O/c1-13(20)18-10-5-15(6-11-18)19(12-7-16)14-3-8-17(2)9-4-14/h14-15H,3-12,16H2,1-2H3. The number of amides is 1. The molecular weight excluding hydrogens is 252 g/mol. The molecular formula is C15H30N4O. The third-order valence-corrected chi connectivity index (χ3v) is 4.92. The van der Waals surface area contributed by atoms with Crippen molar-refractivity contribution in [2.45, 2.75) is 44.7 Å². The Bertz CT molecular complexity index is 307. The number of carbonyl (C=O) groups is 1. The fourth-order valence-electron chi connectivity index (χ4n) is 3.65. The fraction of sp³-hybridized carbons (Fsp3) is 0.933. The summed E-state index contributed by atoms with van der Waals surface area (Å²) < 4.78 is 0. The van der Waals surface area contributed by atoms with Crippen molar-refractivity contribution in [3.8, 4) is 0 Å². The summed E-state index contributed by atoms with van der Waals surface area (Å²) in [5.41, 5.74) is 5.83. The van der Waals surface area contributed by atoms with Gasteiger partial charge in [-0.05, 0) is 45.8 Å². The van der Waals surface area contributed by atoms with Gasteiger partial charge in [-0.2, -0.15) is 0 Å². The van der Waals surface area contributed by atoms with E-state index in [1.54, 1.807) is 6.92 Å². The van der Waals surface area contributed by atoms with Gasteiger partial charge in [0, 0.05) is 45.2 Å². The van der Waals surface area contributed by atoms with Gasteiger partial charge in [-0.3, -0.25) is 9.69 Å². The van der Waals surface area contributed by atoms with Gasteiger partial charge < -0.3 is 15.5 Å². The molecule has 1 amide bonds. The molecule has 0 aromatic heterocycles. The van der Waals surface area contributed by atoms with E-state index in [2.05, 4.69) is 16.8 Å². The molecule has 0 bridgehead atoms. The molecule has 2 saturated heterocycles. The number of rotatable bonds is 4. The summed E-state index contributed by atoms with van der Waals surface area (Å²) in [6.07, 6.45) is 4.71. The van der Waals surface area contributed by atoms with E-state index >= 15 is 0 Å². The van der Waals surface area contributed by atoms with Gasteiger partial charge >= 0.3 is 0 Å². The highest BCUT2D eigenvalue weighted by molar-refractivity contribution is 5.73. The molecule has 20 heavy (non-hydrogen) atoms. The highest BCUT2D eigenvalue weighted by Gasteiger charge is 2.31. The quantitative estimate of drug-likeness (QED) is 0.808. The second-order valence-corrected chi connectivity index (χ2v) is 6.30. The lowest BCUT2D eigenvalue weighted by molar-refractivity contribution is -0.130. The van der Waals surface area contributed by atoms with E-state index in [1.165, 1.54) is 25.9 Å².